The van der Waals surface area contributed by atoms with Gasteiger partial charge in [0.25, 0.3) is 0 Å². The highest BCUT2D eigenvalue weighted by atomic mass is 35.7. The molecule has 1 rings (SSSR count). The second kappa shape index (κ2) is 2.43. The van der Waals surface area contributed by atoms with Gasteiger partial charge in [-0.3, -0.25) is 14.1 Å². The van der Waals surface area contributed by atoms with Gasteiger partial charge in [0.2, 0.25) is 0 Å². The minimum atomic E-state index is -3.03. The molecule has 0 radical (unpaired) electrons. The summed E-state index contributed by atoms with van der Waals surface area (Å²) in [4.78, 5) is 3.62. The van der Waals surface area contributed by atoms with E-state index in [1.165, 1.54) is 11.7 Å². The summed E-state index contributed by atoms with van der Waals surface area (Å²) in [6.45, 7) is 0. The third-order valence-electron chi connectivity index (χ3n) is 0.666. The number of hydrogen-bond donors (Lipinski definition) is 2. The monoisotopic (exact) mass is 185 g/mol. The maximum Gasteiger partial charge on any atom is 0.148 e. The fourth-order valence-corrected chi connectivity index (χ4v) is 1.94. The van der Waals surface area contributed by atoms with Crippen molar-refractivity contribution in [3.05, 3.63) is 11.7 Å². The van der Waals surface area contributed by atoms with Crippen LogP contribution < -0.4 is 0 Å². The van der Waals surface area contributed by atoms with E-state index < -0.39 is 9.80 Å². The Balaban J connectivity index is 2.90. The van der Waals surface area contributed by atoms with E-state index in [9.17, 15) is 0 Å². The van der Waals surface area contributed by atoms with Gasteiger partial charge in [-0.2, -0.15) is 0 Å². The van der Waals surface area contributed by atoms with Gasteiger partial charge in [-0.15, -0.1) is 11.3 Å². The van der Waals surface area contributed by atoms with Gasteiger partial charge in [0.1, 0.15) is 4.21 Å². The molecule has 0 aliphatic carbocycles. The number of thiazole rings is 1. The summed E-state index contributed by atoms with van der Waals surface area (Å²) in [7, 11) is 2.13. The standard InChI is InChI=1S/C3H4ClNO2S2/c4-9(6,7)3-1-5-2-8-3/h1-2,6-7H. The Morgan fingerprint density at radius 1 is 1.67 bits per heavy atom. The van der Waals surface area contributed by atoms with Gasteiger partial charge in [-0.25, -0.2) is 0 Å². The van der Waals surface area contributed by atoms with Crippen LogP contribution in [0.4, 0.5) is 0 Å². The number of aromatic nitrogens is 1. The SMILES string of the molecule is OS(O)(Cl)c1cncs1. The smallest absolute Gasteiger partial charge is 0.148 e. The molecule has 1 aromatic rings. The molecule has 0 saturated carbocycles. The first-order chi connectivity index (χ1) is 4.11. The zero-order valence-corrected chi connectivity index (χ0v) is 6.58. The average Bonchev–Trinajstić information content (AvgIpc) is 2.08. The van der Waals surface area contributed by atoms with Crippen LogP contribution in [-0.2, 0) is 0 Å². The predicted octanol–water partition coefficient (Wildman–Crippen LogP) is 2.41. The second-order valence-electron chi connectivity index (χ2n) is 1.30. The van der Waals surface area contributed by atoms with E-state index in [4.69, 9.17) is 19.8 Å². The topological polar surface area (TPSA) is 53.4 Å². The van der Waals surface area contributed by atoms with E-state index in [1.54, 1.807) is 0 Å². The number of halogens is 1. The summed E-state index contributed by atoms with van der Waals surface area (Å²) in [6, 6.07) is 0. The van der Waals surface area contributed by atoms with Crippen LogP contribution in [0.15, 0.2) is 15.9 Å². The van der Waals surface area contributed by atoms with Gasteiger partial charge in [0.15, 0.2) is 0 Å². The van der Waals surface area contributed by atoms with Gasteiger partial charge in [0, 0.05) is 10.7 Å². The molecule has 0 aliphatic heterocycles. The van der Waals surface area contributed by atoms with Gasteiger partial charge in [0.05, 0.1) is 11.7 Å². The molecule has 1 heterocycles. The molecule has 0 atom stereocenters. The van der Waals surface area contributed by atoms with Crippen molar-refractivity contribution in [3.8, 4) is 0 Å². The molecular formula is C3H4ClNO2S2. The Labute approximate surface area is 62.2 Å². The maximum atomic E-state index is 8.75. The Morgan fingerprint density at radius 2 is 2.33 bits per heavy atom. The molecule has 0 unspecified atom stereocenters. The molecule has 2 N–H and O–H groups in total. The van der Waals surface area contributed by atoms with Crippen LogP contribution >= 0.6 is 31.8 Å². The Morgan fingerprint density at radius 3 is 2.56 bits per heavy atom. The summed E-state index contributed by atoms with van der Waals surface area (Å²) in [5, 5.41) is 0. The zero-order chi connectivity index (χ0) is 6.91. The molecule has 9 heavy (non-hydrogen) atoms. The lowest BCUT2D eigenvalue weighted by Gasteiger charge is -2.18. The fraction of sp³-hybridized carbons (Fsp3) is 0. The molecular weight excluding hydrogens is 182 g/mol. The first-order valence-corrected chi connectivity index (χ1v) is 5.22. The maximum absolute atomic E-state index is 8.75. The van der Waals surface area contributed by atoms with Crippen LogP contribution in [0.25, 0.3) is 0 Å². The van der Waals surface area contributed by atoms with Crippen LogP contribution in [0.2, 0.25) is 0 Å². The molecule has 1 aromatic heterocycles. The lowest BCUT2D eigenvalue weighted by molar-refractivity contribution is 0.509. The van der Waals surface area contributed by atoms with E-state index in [0.29, 0.717) is 4.21 Å². The molecule has 0 fully saturated rings. The lowest BCUT2D eigenvalue weighted by Crippen LogP contribution is -1.82. The van der Waals surface area contributed by atoms with Crippen molar-refractivity contribution >= 4 is 31.8 Å². The highest BCUT2D eigenvalue weighted by Crippen LogP contribution is 2.54. The number of nitrogens with zero attached hydrogens (tertiary/aromatic N) is 1. The van der Waals surface area contributed by atoms with E-state index >= 15 is 0 Å². The quantitative estimate of drug-likeness (QED) is 0.707. The van der Waals surface area contributed by atoms with Crippen LogP contribution in [0.1, 0.15) is 0 Å². The second-order valence-corrected chi connectivity index (χ2v) is 5.13. The highest BCUT2D eigenvalue weighted by molar-refractivity contribution is 8.43. The predicted molar refractivity (Wildman–Crippen MR) is 39.1 cm³/mol. The largest absolute Gasteiger partial charge is 0.280 e. The lowest BCUT2D eigenvalue weighted by atomic mass is 11.0. The first kappa shape index (κ1) is 7.30. The van der Waals surface area contributed by atoms with Gasteiger partial charge >= 0.3 is 0 Å². The molecule has 0 saturated heterocycles. The van der Waals surface area contributed by atoms with Crippen molar-refractivity contribution in [3.63, 3.8) is 0 Å². The normalized spacial score (nSPS) is 13.7. The summed E-state index contributed by atoms with van der Waals surface area (Å²) < 4.78 is 17.8. The minimum absolute atomic E-state index is 0.309. The molecule has 0 spiro atoms. The van der Waals surface area contributed by atoms with Crippen molar-refractivity contribution in [1.29, 1.82) is 0 Å². The third-order valence-corrected chi connectivity index (χ3v) is 3.61. The van der Waals surface area contributed by atoms with Crippen molar-refractivity contribution in [2.45, 2.75) is 4.21 Å². The van der Waals surface area contributed by atoms with E-state index in [1.807, 2.05) is 0 Å². The summed E-state index contributed by atoms with van der Waals surface area (Å²) in [6.07, 6.45) is 1.34. The zero-order valence-electron chi connectivity index (χ0n) is 4.19. The minimum Gasteiger partial charge on any atom is -0.280 e. The Bertz CT molecular complexity index is 182. The molecule has 6 heteroatoms. The highest BCUT2D eigenvalue weighted by Gasteiger charge is 2.11. The number of hydrogen-bond acceptors (Lipinski definition) is 4. The van der Waals surface area contributed by atoms with E-state index in [0.717, 1.165) is 11.3 Å². The Kier molecular flexibility index (Phi) is 1.97. The van der Waals surface area contributed by atoms with Crippen LogP contribution in [-0.4, -0.2) is 14.1 Å². The van der Waals surface area contributed by atoms with Gasteiger partial charge in [-0.1, -0.05) is 9.80 Å². The number of rotatable bonds is 1. The Hall–Kier alpha value is 0.190. The summed E-state index contributed by atoms with van der Waals surface area (Å²) in [5.74, 6) is 0. The summed E-state index contributed by atoms with van der Waals surface area (Å²) in [5.41, 5.74) is 1.49. The van der Waals surface area contributed by atoms with Crippen molar-refractivity contribution in [2.24, 2.45) is 0 Å². The fourth-order valence-electron chi connectivity index (χ4n) is 0.332. The van der Waals surface area contributed by atoms with Gasteiger partial charge in [-0.05, 0) is 0 Å². The molecule has 52 valence electrons. The first-order valence-electron chi connectivity index (χ1n) is 1.97. The van der Waals surface area contributed by atoms with Crippen molar-refractivity contribution in [1.82, 2.24) is 4.98 Å². The third kappa shape index (κ3) is 1.80. The van der Waals surface area contributed by atoms with Crippen LogP contribution in [0.5, 0.6) is 0 Å². The average molecular weight is 186 g/mol. The van der Waals surface area contributed by atoms with Crippen molar-refractivity contribution < 1.29 is 9.11 Å². The summed E-state index contributed by atoms with van der Waals surface area (Å²) >= 11 is 1.12. The molecule has 0 amide bonds. The van der Waals surface area contributed by atoms with Gasteiger partial charge < -0.3 is 0 Å². The van der Waals surface area contributed by atoms with E-state index in [2.05, 4.69) is 4.98 Å². The molecule has 0 aromatic carbocycles. The molecule has 3 nitrogen and oxygen atoms in total. The van der Waals surface area contributed by atoms with Crippen LogP contribution in [0, 0.1) is 0 Å². The molecule has 0 bridgehead atoms. The van der Waals surface area contributed by atoms with E-state index in [-0.39, 0.29) is 0 Å². The molecule has 0 aliphatic rings. The van der Waals surface area contributed by atoms with Crippen LogP contribution in [0.3, 0.4) is 0 Å². The van der Waals surface area contributed by atoms with Crippen molar-refractivity contribution in [2.75, 3.05) is 0 Å².